The van der Waals surface area contributed by atoms with Gasteiger partial charge in [-0.2, -0.15) is 4.98 Å². The van der Waals surface area contributed by atoms with E-state index < -0.39 is 85.3 Å². The van der Waals surface area contributed by atoms with E-state index >= 15 is 0 Å². The van der Waals surface area contributed by atoms with Gasteiger partial charge >= 0.3 is 55.0 Å². The summed E-state index contributed by atoms with van der Waals surface area (Å²) in [6.07, 6.45) is -5.73. The van der Waals surface area contributed by atoms with Crippen molar-refractivity contribution >= 4 is 25.6 Å². The second-order valence-corrected chi connectivity index (χ2v) is 9.62. The van der Waals surface area contributed by atoms with Gasteiger partial charge in [-0.25, -0.2) is 14.2 Å². The molecular formula is C18H22N3NaO12P+. The third-order valence-corrected chi connectivity index (χ3v) is 7.19. The summed E-state index contributed by atoms with van der Waals surface area (Å²) in [5.41, 5.74) is 2.20. The molecule has 0 radical (unpaired) electrons. The van der Waals surface area contributed by atoms with E-state index in [1.807, 2.05) is 0 Å². The van der Waals surface area contributed by atoms with E-state index in [9.17, 15) is 49.2 Å². The Morgan fingerprint density at radius 2 is 1.97 bits per heavy atom. The Morgan fingerprint density at radius 1 is 1.31 bits per heavy atom. The Balaban J connectivity index is 0.00000342. The number of anilines is 1. The van der Waals surface area contributed by atoms with Crippen LogP contribution in [-0.4, -0.2) is 76.1 Å². The summed E-state index contributed by atoms with van der Waals surface area (Å²) in [4.78, 5) is 58.1. The van der Waals surface area contributed by atoms with Crippen molar-refractivity contribution < 1.29 is 83.2 Å². The van der Waals surface area contributed by atoms with Crippen molar-refractivity contribution in [3.8, 4) is 0 Å². The number of hydrogen-bond donors (Lipinski definition) is 7. The quantitative estimate of drug-likeness (QED) is 0.124. The molecule has 2 heterocycles. The number of aromatic nitrogens is 2. The van der Waals surface area contributed by atoms with Gasteiger partial charge in [0.2, 0.25) is 0 Å². The molecule has 0 amide bonds. The minimum absolute atomic E-state index is 0. The van der Waals surface area contributed by atoms with Crippen LogP contribution < -0.4 is 41.0 Å². The molecule has 186 valence electrons. The smallest absolute Gasteiger partial charge is 0.481 e. The van der Waals surface area contributed by atoms with E-state index in [1.165, 1.54) is 18.3 Å². The molecule has 4 rings (SSSR count). The SMILES string of the molecule is Nc1ccn([C@@H]2O[C@H](CC(OP(=O)(O)O)C3[C@H]4CC=C(C(=O)O)[C@@]34C(=O)O)[C@@H](O)[C@H]2O)c(=O)n1.[Na+]. The predicted molar refractivity (Wildman–Crippen MR) is 108 cm³/mol. The number of ether oxygens (including phenoxy) is 1. The van der Waals surface area contributed by atoms with Gasteiger partial charge in [-0.15, -0.1) is 0 Å². The van der Waals surface area contributed by atoms with Crippen LogP contribution in [0.15, 0.2) is 28.7 Å². The molecule has 8 N–H and O–H groups in total. The number of carboxylic acid groups (broad SMARTS) is 2. The molecule has 0 bridgehead atoms. The number of nitrogens with zero attached hydrogens (tertiary/aromatic N) is 2. The number of hydrogen-bond acceptors (Lipinski definition) is 10. The second-order valence-electron chi connectivity index (χ2n) is 8.42. The summed E-state index contributed by atoms with van der Waals surface area (Å²) in [6.45, 7) is 0. The van der Waals surface area contributed by atoms with E-state index in [4.69, 9.17) is 15.0 Å². The van der Waals surface area contributed by atoms with Gasteiger partial charge in [-0.3, -0.25) is 13.9 Å². The van der Waals surface area contributed by atoms with Crippen LogP contribution in [0.5, 0.6) is 0 Å². The molecule has 2 aliphatic carbocycles. The first-order valence-corrected chi connectivity index (χ1v) is 11.6. The van der Waals surface area contributed by atoms with Crippen molar-refractivity contribution in [3.63, 3.8) is 0 Å². The molecule has 1 aromatic heterocycles. The third-order valence-electron chi connectivity index (χ3n) is 6.64. The van der Waals surface area contributed by atoms with Crippen molar-refractivity contribution in [1.29, 1.82) is 0 Å². The molecule has 35 heavy (non-hydrogen) atoms. The number of carbonyl (C=O) groups is 2. The third kappa shape index (κ3) is 4.73. The first kappa shape index (κ1) is 27.9. The molecule has 2 unspecified atom stereocenters. The largest absolute Gasteiger partial charge is 1.00 e. The molecule has 0 aromatic carbocycles. The summed E-state index contributed by atoms with van der Waals surface area (Å²) in [5, 5.41) is 40.2. The maximum absolute atomic E-state index is 12.1. The van der Waals surface area contributed by atoms with Crippen molar-refractivity contribution in [2.45, 2.75) is 43.5 Å². The number of aliphatic carboxylic acids is 2. The number of nitrogens with two attached hydrogens (primary N) is 1. The minimum atomic E-state index is -5.20. The van der Waals surface area contributed by atoms with E-state index in [0.29, 0.717) is 0 Å². The van der Waals surface area contributed by atoms with Gasteiger partial charge in [-0.05, 0) is 18.4 Å². The zero-order valence-corrected chi connectivity index (χ0v) is 21.1. The zero-order chi connectivity index (χ0) is 25.2. The molecule has 0 spiro atoms. The molecule has 1 aliphatic heterocycles. The number of phosphoric acid groups is 1. The van der Waals surface area contributed by atoms with Gasteiger partial charge < -0.3 is 40.7 Å². The molecule has 1 saturated heterocycles. The Hall–Kier alpha value is -1.65. The fraction of sp³-hybridized carbons (Fsp3) is 0.556. The van der Waals surface area contributed by atoms with Crippen molar-refractivity contribution in [1.82, 2.24) is 9.55 Å². The average molecular weight is 526 g/mol. The molecule has 2 fully saturated rings. The Kier molecular flexibility index (Phi) is 7.71. The van der Waals surface area contributed by atoms with Gasteiger partial charge in [0.15, 0.2) is 6.23 Å². The number of phosphoric ester groups is 1. The number of fused-ring (bicyclic) bond motifs is 1. The zero-order valence-electron chi connectivity index (χ0n) is 18.2. The van der Waals surface area contributed by atoms with Crippen LogP contribution in [0.3, 0.4) is 0 Å². The fourth-order valence-corrected chi connectivity index (χ4v) is 5.85. The topological polar surface area (TPSA) is 252 Å². The van der Waals surface area contributed by atoms with Crippen LogP contribution in [0.1, 0.15) is 19.1 Å². The Bertz CT molecular complexity index is 1170. The van der Waals surface area contributed by atoms with Crippen molar-refractivity contribution in [3.05, 3.63) is 34.4 Å². The molecular weight excluding hydrogens is 504 g/mol. The number of aliphatic hydroxyl groups excluding tert-OH is 2. The molecule has 17 heteroatoms. The van der Waals surface area contributed by atoms with Crippen LogP contribution in [0.2, 0.25) is 0 Å². The van der Waals surface area contributed by atoms with Crippen LogP contribution in [-0.2, 0) is 23.4 Å². The molecule has 15 nitrogen and oxygen atoms in total. The molecule has 3 aliphatic rings. The number of carboxylic acids is 2. The fourth-order valence-electron chi connectivity index (χ4n) is 5.28. The molecule has 8 atom stereocenters. The monoisotopic (exact) mass is 526 g/mol. The predicted octanol–water partition coefficient (Wildman–Crippen LogP) is -4.95. The van der Waals surface area contributed by atoms with Gasteiger partial charge in [0.25, 0.3) is 0 Å². The first-order valence-electron chi connectivity index (χ1n) is 10.1. The Morgan fingerprint density at radius 3 is 2.51 bits per heavy atom. The first-order chi connectivity index (χ1) is 15.8. The van der Waals surface area contributed by atoms with Crippen molar-refractivity contribution in [2.24, 2.45) is 17.3 Å². The normalized spacial score (nSPS) is 34.5. The minimum Gasteiger partial charge on any atom is -0.481 e. The van der Waals surface area contributed by atoms with Gasteiger partial charge in [0, 0.05) is 18.5 Å². The van der Waals surface area contributed by atoms with Crippen LogP contribution >= 0.6 is 7.82 Å². The summed E-state index contributed by atoms with van der Waals surface area (Å²) in [6, 6.07) is 1.25. The Labute approximate surface area is 218 Å². The molecule has 1 aromatic rings. The summed E-state index contributed by atoms with van der Waals surface area (Å²) in [7, 11) is -5.20. The van der Waals surface area contributed by atoms with Gasteiger partial charge in [-0.1, -0.05) is 6.08 Å². The number of allylic oxidation sites excluding steroid dienone is 1. The van der Waals surface area contributed by atoms with Crippen LogP contribution in [0.25, 0.3) is 0 Å². The van der Waals surface area contributed by atoms with Crippen LogP contribution in [0, 0.1) is 17.3 Å². The standard InChI is InChI=1S/C18H22N3O12P.Na/c19-10-3-4-21(17(28)20-10)14-13(23)12(22)9(32-14)5-8(33-34(29,30)31)11-6-1-2-7(15(24)25)18(6,11)16(26)27;/h2-4,6,8-9,11-14,22-23H,1,5H2,(H,24,25)(H,26,27)(H2,19,20,28)(H2,29,30,31);/q;+1/t6-,8?,9-,11?,12-,13-,14-,18-;/m1./s1. The van der Waals surface area contributed by atoms with E-state index in [-0.39, 0.29) is 41.8 Å². The van der Waals surface area contributed by atoms with E-state index in [2.05, 4.69) is 4.98 Å². The van der Waals surface area contributed by atoms with E-state index in [0.717, 1.165) is 4.57 Å². The maximum atomic E-state index is 12.1. The summed E-state index contributed by atoms with van der Waals surface area (Å²) < 4.78 is 22.9. The maximum Gasteiger partial charge on any atom is 1.00 e. The number of aliphatic hydroxyl groups is 2. The summed E-state index contributed by atoms with van der Waals surface area (Å²) >= 11 is 0. The van der Waals surface area contributed by atoms with Crippen molar-refractivity contribution in [2.75, 3.05) is 5.73 Å². The number of nitrogen functional groups attached to an aromatic ring is 1. The van der Waals surface area contributed by atoms with Crippen LogP contribution in [0.4, 0.5) is 5.82 Å². The number of rotatable bonds is 8. The average Bonchev–Trinajstić information content (AvgIpc) is 3.08. The van der Waals surface area contributed by atoms with Gasteiger partial charge in [0.1, 0.15) is 23.4 Å². The van der Waals surface area contributed by atoms with E-state index in [1.54, 1.807) is 0 Å². The second kappa shape index (κ2) is 9.67. The molecule has 1 saturated carbocycles. The summed E-state index contributed by atoms with van der Waals surface area (Å²) in [5.74, 6) is -5.02. The van der Waals surface area contributed by atoms with Gasteiger partial charge in [0.05, 0.1) is 17.8 Å².